The van der Waals surface area contributed by atoms with Crippen LogP contribution in [0.1, 0.15) is 38.3 Å². The van der Waals surface area contributed by atoms with Crippen LogP contribution in [0.5, 0.6) is 0 Å². The maximum Gasteiger partial charge on any atom is 0.178 e. The molecular weight excluding hydrogens is 216 g/mol. The van der Waals surface area contributed by atoms with Crippen molar-refractivity contribution < 1.29 is 0 Å². The first kappa shape index (κ1) is 11.4. The molecule has 86 valence electrons. The molecule has 1 N–H and O–H groups in total. The molecule has 0 unspecified atom stereocenters. The standard InChI is InChI=1S/C13H18N2S/c1-4-10(5-2)15-12-7-6-9(3)8-11(12)14-13(15)16/h6-8,10H,4-5H2,1-3H3,(H,14,16). The highest BCUT2D eigenvalue weighted by molar-refractivity contribution is 7.71. The molecule has 1 aromatic carbocycles. The van der Waals surface area contributed by atoms with Gasteiger partial charge in [0, 0.05) is 6.04 Å². The van der Waals surface area contributed by atoms with Crippen molar-refractivity contribution >= 4 is 23.3 Å². The molecule has 2 nitrogen and oxygen atoms in total. The van der Waals surface area contributed by atoms with Crippen LogP contribution in [0.2, 0.25) is 0 Å². The fourth-order valence-electron chi connectivity index (χ4n) is 2.26. The molecule has 0 saturated heterocycles. The summed E-state index contributed by atoms with van der Waals surface area (Å²) in [7, 11) is 0. The number of aromatic amines is 1. The monoisotopic (exact) mass is 234 g/mol. The van der Waals surface area contributed by atoms with E-state index < -0.39 is 0 Å². The molecule has 1 aromatic heterocycles. The van der Waals surface area contributed by atoms with Gasteiger partial charge in [0.15, 0.2) is 4.77 Å². The Kier molecular flexibility index (Phi) is 3.15. The fourth-order valence-corrected chi connectivity index (χ4v) is 2.62. The lowest BCUT2D eigenvalue weighted by Crippen LogP contribution is -2.06. The molecule has 0 aliphatic carbocycles. The van der Waals surface area contributed by atoms with Crippen LogP contribution in [0.3, 0.4) is 0 Å². The van der Waals surface area contributed by atoms with Crippen LogP contribution in [-0.2, 0) is 0 Å². The van der Waals surface area contributed by atoms with Crippen molar-refractivity contribution in [2.45, 2.75) is 39.7 Å². The topological polar surface area (TPSA) is 20.7 Å². The number of hydrogen-bond acceptors (Lipinski definition) is 1. The summed E-state index contributed by atoms with van der Waals surface area (Å²) < 4.78 is 3.10. The minimum absolute atomic E-state index is 0.504. The van der Waals surface area contributed by atoms with Gasteiger partial charge in [-0.1, -0.05) is 19.9 Å². The molecule has 0 spiro atoms. The molecule has 0 saturated carbocycles. The summed E-state index contributed by atoms with van der Waals surface area (Å²) in [5, 5.41) is 0. The van der Waals surface area contributed by atoms with Crippen LogP contribution < -0.4 is 0 Å². The van der Waals surface area contributed by atoms with Crippen LogP contribution in [0.15, 0.2) is 18.2 Å². The second-order valence-corrected chi connectivity index (χ2v) is 4.68. The van der Waals surface area contributed by atoms with Gasteiger partial charge in [-0.05, 0) is 49.7 Å². The Morgan fingerprint density at radius 1 is 1.31 bits per heavy atom. The number of hydrogen-bond donors (Lipinski definition) is 1. The number of imidazole rings is 1. The number of nitrogens with zero attached hydrogens (tertiary/aromatic N) is 1. The summed E-state index contributed by atoms with van der Waals surface area (Å²) >= 11 is 5.41. The molecule has 0 amide bonds. The number of rotatable bonds is 3. The minimum atomic E-state index is 0.504. The van der Waals surface area contributed by atoms with Gasteiger partial charge in [-0.3, -0.25) is 0 Å². The number of benzene rings is 1. The highest BCUT2D eigenvalue weighted by Crippen LogP contribution is 2.24. The minimum Gasteiger partial charge on any atom is -0.331 e. The van der Waals surface area contributed by atoms with E-state index in [2.05, 4.69) is 48.5 Å². The molecule has 16 heavy (non-hydrogen) atoms. The molecule has 1 heterocycles. The summed E-state index contributed by atoms with van der Waals surface area (Å²) in [5.41, 5.74) is 3.64. The third-order valence-electron chi connectivity index (χ3n) is 3.18. The normalized spacial score (nSPS) is 11.5. The van der Waals surface area contributed by atoms with Crippen molar-refractivity contribution in [2.24, 2.45) is 0 Å². The summed E-state index contributed by atoms with van der Waals surface area (Å²) in [6.07, 6.45) is 2.23. The van der Waals surface area contributed by atoms with Gasteiger partial charge in [0.05, 0.1) is 11.0 Å². The quantitative estimate of drug-likeness (QED) is 0.782. The molecule has 0 fully saturated rings. The van der Waals surface area contributed by atoms with E-state index in [9.17, 15) is 0 Å². The zero-order valence-corrected chi connectivity index (χ0v) is 10.9. The van der Waals surface area contributed by atoms with E-state index in [4.69, 9.17) is 12.2 Å². The Hall–Kier alpha value is -1.09. The number of fused-ring (bicyclic) bond motifs is 1. The number of H-pyrrole nitrogens is 1. The maximum absolute atomic E-state index is 5.41. The van der Waals surface area contributed by atoms with E-state index in [1.807, 2.05) is 0 Å². The van der Waals surface area contributed by atoms with E-state index in [0.717, 1.165) is 23.1 Å². The van der Waals surface area contributed by atoms with Crippen LogP contribution in [0.4, 0.5) is 0 Å². The molecule has 0 aliphatic heterocycles. The van der Waals surface area contributed by atoms with E-state index in [0.29, 0.717) is 6.04 Å². The molecule has 0 aliphatic rings. The zero-order valence-electron chi connectivity index (χ0n) is 10.1. The Morgan fingerprint density at radius 3 is 2.62 bits per heavy atom. The van der Waals surface area contributed by atoms with Crippen LogP contribution in [0, 0.1) is 11.7 Å². The van der Waals surface area contributed by atoms with Crippen LogP contribution in [-0.4, -0.2) is 9.55 Å². The molecule has 2 rings (SSSR count). The first-order valence-electron chi connectivity index (χ1n) is 5.88. The predicted octanol–water partition coefficient (Wildman–Crippen LogP) is 4.37. The lowest BCUT2D eigenvalue weighted by molar-refractivity contribution is 0.478. The van der Waals surface area contributed by atoms with E-state index >= 15 is 0 Å². The Bertz CT molecular complexity index is 547. The van der Waals surface area contributed by atoms with Crippen LogP contribution in [0.25, 0.3) is 11.0 Å². The van der Waals surface area contributed by atoms with Gasteiger partial charge < -0.3 is 9.55 Å². The summed E-state index contributed by atoms with van der Waals surface area (Å²) in [4.78, 5) is 3.29. The van der Waals surface area contributed by atoms with Crippen molar-refractivity contribution in [1.82, 2.24) is 9.55 Å². The van der Waals surface area contributed by atoms with Gasteiger partial charge in [0.2, 0.25) is 0 Å². The SMILES string of the molecule is CCC(CC)n1c(=S)[nH]c2cc(C)ccc21. The maximum atomic E-state index is 5.41. The molecule has 3 heteroatoms. The van der Waals surface area contributed by atoms with Crippen molar-refractivity contribution in [2.75, 3.05) is 0 Å². The van der Waals surface area contributed by atoms with Crippen molar-refractivity contribution in [3.63, 3.8) is 0 Å². The molecule has 2 aromatic rings. The summed E-state index contributed by atoms with van der Waals surface area (Å²) in [6.45, 7) is 6.52. The molecular formula is C13H18N2S. The summed E-state index contributed by atoms with van der Waals surface area (Å²) in [6, 6.07) is 6.97. The van der Waals surface area contributed by atoms with Gasteiger partial charge in [0.25, 0.3) is 0 Å². The highest BCUT2D eigenvalue weighted by Gasteiger charge is 2.11. The first-order valence-corrected chi connectivity index (χ1v) is 6.29. The number of aryl methyl sites for hydroxylation is 1. The lowest BCUT2D eigenvalue weighted by Gasteiger charge is -2.15. The van der Waals surface area contributed by atoms with E-state index in [1.54, 1.807) is 0 Å². The third-order valence-corrected chi connectivity index (χ3v) is 3.48. The van der Waals surface area contributed by atoms with Crippen molar-refractivity contribution in [3.05, 3.63) is 28.5 Å². The number of aromatic nitrogens is 2. The number of nitrogens with one attached hydrogen (secondary N) is 1. The van der Waals surface area contributed by atoms with Crippen molar-refractivity contribution in [1.29, 1.82) is 0 Å². The largest absolute Gasteiger partial charge is 0.331 e. The van der Waals surface area contributed by atoms with Crippen molar-refractivity contribution in [3.8, 4) is 0 Å². The Labute approximate surface area is 101 Å². The average molecular weight is 234 g/mol. The zero-order chi connectivity index (χ0) is 11.7. The van der Waals surface area contributed by atoms with Gasteiger partial charge in [0.1, 0.15) is 0 Å². The van der Waals surface area contributed by atoms with Gasteiger partial charge >= 0.3 is 0 Å². The lowest BCUT2D eigenvalue weighted by atomic mass is 10.1. The average Bonchev–Trinajstić information content (AvgIpc) is 2.57. The summed E-state index contributed by atoms with van der Waals surface area (Å²) in [5.74, 6) is 0. The van der Waals surface area contributed by atoms with Gasteiger partial charge in [-0.2, -0.15) is 0 Å². The first-order chi connectivity index (χ1) is 7.67. The van der Waals surface area contributed by atoms with E-state index in [-0.39, 0.29) is 0 Å². The van der Waals surface area contributed by atoms with Crippen LogP contribution >= 0.6 is 12.2 Å². The fraction of sp³-hybridized carbons (Fsp3) is 0.462. The van der Waals surface area contributed by atoms with Gasteiger partial charge in [-0.25, -0.2) is 0 Å². The second kappa shape index (κ2) is 4.42. The van der Waals surface area contributed by atoms with Gasteiger partial charge in [-0.15, -0.1) is 0 Å². The third kappa shape index (κ3) is 1.80. The molecule has 0 radical (unpaired) electrons. The predicted molar refractivity (Wildman–Crippen MR) is 71.5 cm³/mol. The Morgan fingerprint density at radius 2 is 2.00 bits per heavy atom. The molecule has 0 bridgehead atoms. The smallest absolute Gasteiger partial charge is 0.178 e. The highest BCUT2D eigenvalue weighted by atomic mass is 32.1. The Balaban J connectivity index is 2.69. The van der Waals surface area contributed by atoms with E-state index in [1.165, 1.54) is 11.1 Å². The second-order valence-electron chi connectivity index (χ2n) is 4.29. The molecule has 0 atom stereocenters.